The van der Waals surface area contributed by atoms with E-state index in [1.807, 2.05) is 12.1 Å². The zero-order chi connectivity index (χ0) is 13.8. The molecule has 1 unspecified atom stereocenters. The minimum Gasteiger partial charge on any atom is -0.369 e. The predicted molar refractivity (Wildman–Crippen MR) is 85.7 cm³/mol. The zero-order valence-electron chi connectivity index (χ0n) is 12.0. The van der Waals surface area contributed by atoms with Gasteiger partial charge < -0.3 is 10.2 Å². The third-order valence-electron chi connectivity index (χ3n) is 4.57. The molecule has 2 aliphatic rings. The van der Waals surface area contributed by atoms with Crippen LogP contribution in [0.15, 0.2) is 24.3 Å². The van der Waals surface area contributed by atoms with Crippen LogP contribution in [0.1, 0.15) is 19.3 Å². The van der Waals surface area contributed by atoms with Gasteiger partial charge in [-0.2, -0.15) is 0 Å². The SMILES string of the molecule is Clc1ccc(N2CCN(C3CCCNCC3)CC2)cc1. The number of piperazine rings is 1. The molecule has 0 saturated carbocycles. The van der Waals surface area contributed by atoms with E-state index in [0.717, 1.165) is 24.2 Å². The van der Waals surface area contributed by atoms with Crippen molar-refractivity contribution in [2.45, 2.75) is 25.3 Å². The summed E-state index contributed by atoms with van der Waals surface area (Å²) in [5, 5.41) is 4.32. The van der Waals surface area contributed by atoms with Gasteiger partial charge in [-0.25, -0.2) is 0 Å². The second-order valence-electron chi connectivity index (χ2n) is 5.83. The van der Waals surface area contributed by atoms with E-state index in [1.165, 1.54) is 51.1 Å². The Morgan fingerprint density at radius 1 is 0.950 bits per heavy atom. The van der Waals surface area contributed by atoms with Crippen molar-refractivity contribution in [3.63, 3.8) is 0 Å². The number of hydrogen-bond donors (Lipinski definition) is 1. The lowest BCUT2D eigenvalue weighted by molar-refractivity contribution is 0.172. The van der Waals surface area contributed by atoms with E-state index in [0.29, 0.717) is 0 Å². The lowest BCUT2D eigenvalue weighted by atomic mass is 10.1. The van der Waals surface area contributed by atoms with E-state index >= 15 is 0 Å². The largest absolute Gasteiger partial charge is 0.369 e. The molecular formula is C16H24ClN3. The highest BCUT2D eigenvalue weighted by molar-refractivity contribution is 6.30. The summed E-state index contributed by atoms with van der Waals surface area (Å²) in [7, 11) is 0. The number of halogens is 1. The summed E-state index contributed by atoms with van der Waals surface area (Å²) in [6.07, 6.45) is 3.98. The van der Waals surface area contributed by atoms with Crippen molar-refractivity contribution in [1.29, 1.82) is 0 Å². The van der Waals surface area contributed by atoms with E-state index in [9.17, 15) is 0 Å². The summed E-state index contributed by atoms with van der Waals surface area (Å²) >= 11 is 5.96. The van der Waals surface area contributed by atoms with Crippen molar-refractivity contribution >= 4 is 17.3 Å². The molecule has 0 amide bonds. The van der Waals surface area contributed by atoms with Crippen LogP contribution < -0.4 is 10.2 Å². The Hall–Kier alpha value is -0.770. The first kappa shape index (κ1) is 14.2. The molecule has 0 aliphatic carbocycles. The highest BCUT2D eigenvalue weighted by atomic mass is 35.5. The van der Waals surface area contributed by atoms with Crippen LogP contribution in [0.2, 0.25) is 5.02 Å². The van der Waals surface area contributed by atoms with E-state index in [4.69, 9.17) is 11.6 Å². The number of anilines is 1. The van der Waals surface area contributed by atoms with Gasteiger partial charge in [0.25, 0.3) is 0 Å². The fraction of sp³-hybridized carbons (Fsp3) is 0.625. The quantitative estimate of drug-likeness (QED) is 0.904. The van der Waals surface area contributed by atoms with Gasteiger partial charge in [-0.05, 0) is 56.6 Å². The predicted octanol–water partition coefficient (Wildman–Crippen LogP) is 2.60. The maximum absolute atomic E-state index is 5.96. The van der Waals surface area contributed by atoms with Crippen molar-refractivity contribution in [2.24, 2.45) is 0 Å². The molecule has 0 radical (unpaired) electrons. The van der Waals surface area contributed by atoms with Crippen molar-refractivity contribution in [3.8, 4) is 0 Å². The van der Waals surface area contributed by atoms with Gasteiger partial charge >= 0.3 is 0 Å². The molecule has 2 fully saturated rings. The van der Waals surface area contributed by atoms with Gasteiger partial charge in [0.15, 0.2) is 0 Å². The summed E-state index contributed by atoms with van der Waals surface area (Å²) in [6, 6.07) is 9.03. The summed E-state index contributed by atoms with van der Waals surface area (Å²) in [4.78, 5) is 5.17. The Morgan fingerprint density at radius 2 is 1.70 bits per heavy atom. The van der Waals surface area contributed by atoms with E-state index < -0.39 is 0 Å². The third-order valence-corrected chi connectivity index (χ3v) is 4.82. The number of rotatable bonds is 2. The summed E-state index contributed by atoms with van der Waals surface area (Å²) in [6.45, 7) is 7.01. The molecule has 1 aromatic carbocycles. The van der Waals surface area contributed by atoms with Gasteiger partial charge in [0.2, 0.25) is 0 Å². The number of nitrogens with zero attached hydrogens (tertiary/aromatic N) is 2. The van der Waals surface area contributed by atoms with Gasteiger partial charge in [0.05, 0.1) is 0 Å². The first-order chi connectivity index (χ1) is 9.83. The van der Waals surface area contributed by atoms with Gasteiger partial charge in [-0.15, -0.1) is 0 Å². The topological polar surface area (TPSA) is 18.5 Å². The Balaban J connectivity index is 1.54. The molecule has 1 aromatic rings. The molecule has 1 N–H and O–H groups in total. The minimum absolute atomic E-state index is 0.789. The summed E-state index contributed by atoms with van der Waals surface area (Å²) in [5.74, 6) is 0. The molecule has 110 valence electrons. The van der Waals surface area contributed by atoms with Crippen LogP contribution in [0.25, 0.3) is 0 Å². The normalized spacial score (nSPS) is 25.4. The van der Waals surface area contributed by atoms with Gasteiger partial charge in [0.1, 0.15) is 0 Å². The van der Waals surface area contributed by atoms with Crippen molar-refractivity contribution < 1.29 is 0 Å². The standard InChI is InChI=1S/C16H24ClN3/c17-14-3-5-16(6-4-14)20-12-10-19(11-13-20)15-2-1-8-18-9-7-15/h3-6,15,18H,1-2,7-13H2. The molecule has 1 atom stereocenters. The average molecular weight is 294 g/mol. The van der Waals surface area contributed by atoms with Crippen molar-refractivity contribution in [2.75, 3.05) is 44.2 Å². The zero-order valence-corrected chi connectivity index (χ0v) is 12.8. The van der Waals surface area contributed by atoms with Crippen LogP contribution in [0.4, 0.5) is 5.69 Å². The second kappa shape index (κ2) is 6.79. The highest BCUT2D eigenvalue weighted by Gasteiger charge is 2.24. The van der Waals surface area contributed by atoms with Gasteiger partial charge in [-0.3, -0.25) is 4.90 Å². The number of benzene rings is 1. The Bertz CT molecular complexity index is 404. The van der Waals surface area contributed by atoms with Crippen molar-refractivity contribution in [3.05, 3.63) is 29.3 Å². The van der Waals surface area contributed by atoms with Crippen LogP contribution in [0, 0.1) is 0 Å². The van der Waals surface area contributed by atoms with Crippen molar-refractivity contribution in [1.82, 2.24) is 10.2 Å². The van der Waals surface area contributed by atoms with Gasteiger partial charge in [0, 0.05) is 42.9 Å². The Labute approximate surface area is 126 Å². The van der Waals surface area contributed by atoms with Crippen LogP contribution in [-0.2, 0) is 0 Å². The van der Waals surface area contributed by atoms with Crippen LogP contribution in [-0.4, -0.2) is 50.2 Å². The fourth-order valence-corrected chi connectivity index (χ4v) is 3.49. The fourth-order valence-electron chi connectivity index (χ4n) is 3.36. The monoisotopic (exact) mass is 293 g/mol. The number of hydrogen-bond acceptors (Lipinski definition) is 3. The Morgan fingerprint density at radius 3 is 2.45 bits per heavy atom. The first-order valence-corrected chi connectivity index (χ1v) is 8.16. The lowest BCUT2D eigenvalue weighted by Crippen LogP contribution is -2.50. The molecule has 4 heteroatoms. The molecule has 3 rings (SSSR count). The van der Waals surface area contributed by atoms with Crippen LogP contribution in [0.3, 0.4) is 0 Å². The molecule has 0 aromatic heterocycles. The Kier molecular flexibility index (Phi) is 4.81. The van der Waals surface area contributed by atoms with Gasteiger partial charge in [-0.1, -0.05) is 11.6 Å². The highest BCUT2D eigenvalue weighted by Crippen LogP contribution is 2.21. The molecular weight excluding hydrogens is 270 g/mol. The maximum atomic E-state index is 5.96. The minimum atomic E-state index is 0.789. The molecule has 2 aliphatic heterocycles. The molecule has 20 heavy (non-hydrogen) atoms. The second-order valence-corrected chi connectivity index (χ2v) is 6.27. The average Bonchev–Trinajstić information content (AvgIpc) is 2.77. The molecule has 3 nitrogen and oxygen atoms in total. The van der Waals surface area contributed by atoms with E-state index in [2.05, 4.69) is 27.2 Å². The maximum Gasteiger partial charge on any atom is 0.0407 e. The molecule has 0 bridgehead atoms. The van der Waals surface area contributed by atoms with Crippen LogP contribution in [0.5, 0.6) is 0 Å². The van der Waals surface area contributed by atoms with E-state index in [-0.39, 0.29) is 0 Å². The van der Waals surface area contributed by atoms with E-state index in [1.54, 1.807) is 0 Å². The number of nitrogens with one attached hydrogen (secondary N) is 1. The third kappa shape index (κ3) is 3.46. The molecule has 2 heterocycles. The smallest absolute Gasteiger partial charge is 0.0407 e. The molecule has 2 saturated heterocycles. The summed E-state index contributed by atoms with van der Waals surface area (Å²) in [5.41, 5.74) is 1.30. The first-order valence-electron chi connectivity index (χ1n) is 7.78. The molecule has 0 spiro atoms. The summed E-state index contributed by atoms with van der Waals surface area (Å²) < 4.78 is 0. The lowest BCUT2D eigenvalue weighted by Gasteiger charge is -2.40. The van der Waals surface area contributed by atoms with Crippen LogP contribution >= 0.6 is 11.6 Å².